The third-order valence-electron chi connectivity index (χ3n) is 5.95. The fourth-order valence-electron chi connectivity index (χ4n) is 4.08. The topological polar surface area (TPSA) is 69.4 Å². The molecule has 1 aliphatic rings. The van der Waals surface area contributed by atoms with E-state index in [-0.39, 0.29) is 38.3 Å². The molecular weight excluding hydrogens is 447 g/mol. The first kappa shape index (κ1) is 23.9. The molecule has 33 heavy (non-hydrogen) atoms. The number of rotatable bonds is 9. The SMILES string of the molecule is C[C@@H](PC1COC(CCc2ccccc2)OC1)[C@](O)(Cn1cncn1)c1ccc(F)cc1F. The van der Waals surface area contributed by atoms with Gasteiger partial charge < -0.3 is 14.6 Å². The zero-order valence-corrected chi connectivity index (χ0v) is 19.4. The normalized spacial score (nSPS) is 21.8. The Hall–Kier alpha value is -2.25. The third kappa shape index (κ3) is 6.01. The molecule has 1 aliphatic heterocycles. The highest BCUT2D eigenvalue weighted by Gasteiger charge is 2.40. The van der Waals surface area contributed by atoms with Crippen molar-refractivity contribution < 1.29 is 23.4 Å². The summed E-state index contributed by atoms with van der Waals surface area (Å²) in [6.07, 6.45) is 4.20. The molecule has 0 bridgehead atoms. The van der Waals surface area contributed by atoms with E-state index in [4.69, 9.17) is 9.47 Å². The summed E-state index contributed by atoms with van der Waals surface area (Å²) in [5.41, 5.74) is -0.619. The fraction of sp³-hybridized carbons (Fsp3) is 0.417. The van der Waals surface area contributed by atoms with Crippen LogP contribution in [0.2, 0.25) is 0 Å². The Morgan fingerprint density at radius 3 is 2.61 bits per heavy atom. The molecular formula is C24H28F2N3O3P. The molecule has 6 nitrogen and oxygen atoms in total. The van der Waals surface area contributed by atoms with E-state index in [2.05, 4.69) is 22.2 Å². The van der Waals surface area contributed by atoms with Crippen molar-refractivity contribution in [2.24, 2.45) is 0 Å². The maximum absolute atomic E-state index is 14.7. The van der Waals surface area contributed by atoms with Gasteiger partial charge in [-0.25, -0.2) is 18.4 Å². The second-order valence-electron chi connectivity index (χ2n) is 8.35. The number of aryl methyl sites for hydroxylation is 1. The van der Waals surface area contributed by atoms with Crippen LogP contribution in [0.15, 0.2) is 61.2 Å². The Bertz CT molecular complexity index is 1020. The molecule has 1 aromatic heterocycles. The van der Waals surface area contributed by atoms with Gasteiger partial charge in [-0.05, 0) is 18.1 Å². The summed E-state index contributed by atoms with van der Waals surface area (Å²) in [6.45, 7) is 2.87. The van der Waals surface area contributed by atoms with Gasteiger partial charge in [0.2, 0.25) is 0 Å². The second kappa shape index (κ2) is 10.8. The van der Waals surface area contributed by atoms with Crippen molar-refractivity contribution in [1.82, 2.24) is 14.8 Å². The lowest BCUT2D eigenvalue weighted by Gasteiger charge is -2.38. The van der Waals surface area contributed by atoms with E-state index in [1.54, 1.807) is 0 Å². The number of aromatic nitrogens is 3. The molecule has 2 heterocycles. The summed E-state index contributed by atoms with van der Waals surface area (Å²) in [7, 11) is 0.230. The van der Waals surface area contributed by atoms with Crippen LogP contribution in [0.4, 0.5) is 8.78 Å². The Labute approximate surface area is 193 Å². The lowest BCUT2D eigenvalue weighted by atomic mass is 9.90. The van der Waals surface area contributed by atoms with Crippen LogP contribution in [0.5, 0.6) is 0 Å². The van der Waals surface area contributed by atoms with E-state index >= 15 is 0 Å². The predicted octanol–water partition coefficient (Wildman–Crippen LogP) is 3.89. The molecule has 2 aromatic carbocycles. The van der Waals surface area contributed by atoms with Crippen LogP contribution in [0.1, 0.15) is 24.5 Å². The Morgan fingerprint density at radius 2 is 1.94 bits per heavy atom. The Kier molecular flexibility index (Phi) is 7.81. The van der Waals surface area contributed by atoms with E-state index < -0.39 is 17.2 Å². The van der Waals surface area contributed by atoms with Crippen molar-refractivity contribution in [3.05, 3.63) is 83.9 Å². The zero-order chi connectivity index (χ0) is 23.3. The number of hydrogen-bond acceptors (Lipinski definition) is 5. The third-order valence-corrected chi connectivity index (χ3v) is 7.73. The molecule has 1 saturated heterocycles. The van der Waals surface area contributed by atoms with Crippen LogP contribution in [0, 0.1) is 11.6 Å². The molecule has 9 heteroatoms. The largest absolute Gasteiger partial charge is 0.382 e. The summed E-state index contributed by atoms with van der Waals surface area (Å²) in [6, 6.07) is 13.4. The fourth-order valence-corrected chi connectivity index (χ4v) is 5.70. The molecule has 1 fully saturated rings. The quantitative estimate of drug-likeness (QED) is 0.476. The number of ether oxygens (including phenoxy) is 2. The first-order valence-corrected chi connectivity index (χ1v) is 12.1. The van der Waals surface area contributed by atoms with Gasteiger partial charge in [-0.2, -0.15) is 5.10 Å². The van der Waals surface area contributed by atoms with Crippen molar-refractivity contribution in [3.8, 4) is 0 Å². The highest BCUT2D eigenvalue weighted by atomic mass is 31.1. The minimum Gasteiger partial charge on any atom is -0.382 e. The molecule has 0 saturated carbocycles. The standard InChI is InChI=1S/C24H28F2N3O3P/c1-17(33-20-12-31-23(32-13-20)10-7-18-5-3-2-4-6-18)24(30,14-29-16-27-15-28-29)21-9-8-19(25)11-22(21)26/h2-6,8-9,11,15-17,20,23,30,33H,7,10,12-14H2,1H3/t17-,20?,23?,24-/m1/s1. The Balaban J connectivity index is 1.39. The highest BCUT2D eigenvalue weighted by Crippen LogP contribution is 2.42. The average Bonchev–Trinajstić information content (AvgIpc) is 3.32. The summed E-state index contributed by atoms with van der Waals surface area (Å²) in [4.78, 5) is 3.91. The molecule has 0 amide bonds. The minimum absolute atomic E-state index is 0.00213. The smallest absolute Gasteiger partial charge is 0.157 e. The average molecular weight is 475 g/mol. The van der Waals surface area contributed by atoms with Crippen molar-refractivity contribution in [1.29, 1.82) is 0 Å². The van der Waals surface area contributed by atoms with E-state index in [1.165, 1.54) is 29.0 Å². The first-order valence-electron chi connectivity index (χ1n) is 11.0. The van der Waals surface area contributed by atoms with Gasteiger partial charge in [0.15, 0.2) is 6.29 Å². The van der Waals surface area contributed by atoms with Gasteiger partial charge in [-0.15, -0.1) is 8.58 Å². The minimum atomic E-state index is -1.60. The van der Waals surface area contributed by atoms with Crippen molar-refractivity contribution >= 4 is 8.58 Å². The molecule has 1 N–H and O–H groups in total. The number of benzene rings is 2. The van der Waals surface area contributed by atoms with Crippen LogP contribution in [0.25, 0.3) is 0 Å². The number of hydrogen-bond donors (Lipinski definition) is 1. The summed E-state index contributed by atoms with van der Waals surface area (Å²) < 4.78 is 41.5. The van der Waals surface area contributed by atoms with Crippen LogP contribution in [-0.2, 0) is 28.0 Å². The number of halogens is 2. The van der Waals surface area contributed by atoms with Crippen LogP contribution in [0.3, 0.4) is 0 Å². The lowest BCUT2D eigenvalue weighted by molar-refractivity contribution is -0.178. The second-order valence-corrected chi connectivity index (χ2v) is 10.4. The van der Waals surface area contributed by atoms with Gasteiger partial charge >= 0.3 is 0 Å². The van der Waals surface area contributed by atoms with E-state index in [1.807, 2.05) is 25.1 Å². The maximum Gasteiger partial charge on any atom is 0.157 e. The van der Waals surface area contributed by atoms with E-state index in [0.717, 1.165) is 25.0 Å². The number of aliphatic hydroxyl groups is 1. The Morgan fingerprint density at radius 1 is 1.18 bits per heavy atom. The monoisotopic (exact) mass is 475 g/mol. The molecule has 176 valence electrons. The van der Waals surface area contributed by atoms with Gasteiger partial charge in [0.05, 0.1) is 19.8 Å². The predicted molar refractivity (Wildman–Crippen MR) is 122 cm³/mol. The molecule has 4 rings (SSSR count). The molecule has 0 aliphatic carbocycles. The van der Waals surface area contributed by atoms with Gasteiger partial charge in [-0.3, -0.25) is 0 Å². The van der Waals surface area contributed by atoms with Gasteiger partial charge in [-0.1, -0.05) is 43.3 Å². The number of nitrogens with zero attached hydrogens (tertiary/aromatic N) is 3. The molecule has 0 radical (unpaired) electrons. The first-order chi connectivity index (χ1) is 15.9. The summed E-state index contributed by atoms with van der Waals surface area (Å²) in [5.74, 6) is -1.48. The maximum atomic E-state index is 14.7. The van der Waals surface area contributed by atoms with Crippen LogP contribution < -0.4 is 0 Å². The van der Waals surface area contributed by atoms with Crippen molar-refractivity contribution in [2.75, 3.05) is 13.2 Å². The van der Waals surface area contributed by atoms with Gasteiger partial charge in [0.1, 0.15) is 29.9 Å². The molecule has 3 aromatic rings. The lowest BCUT2D eigenvalue weighted by Crippen LogP contribution is -2.43. The van der Waals surface area contributed by atoms with Crippen LogP contribution >= 0.6 is 8.58 Å². The van der Waals surface area contributed by atoms with Crippen LogP contribution in [-0.4, -0.2) is 50.7 Å². The van der Waals surface area contributed by atoms with Crippen molar-refractivity contribution in [2.45, 2.75) is 49.5 Å². The molecule has 3 atom stereocenters. The van der Waals surface area contributed by atoms with E-state index in [0.29, 0.717) is 13.2 Å². The molecule has 1 unspecified atom stereocenters. The summed E-state index contributed by atoms with van der Waals surface area (Å²) >= 11 is 0. The zero-order valence-electron chi connectivity index (χ0n) is 18.4. The summed E-state index contributed by atoms with van der Waals surface area (Å²) in [5, 5.41) is 15.7. The van der Waals surface area contributed by atoms with E-state index in [9.17, 15) is 13.9 Å². The van der Waals surface area contributed by atoms with Gasteiger partial charge in [0.25, 0.3) is 0 Å². The highest BCUT2D eigenvalue weighted by molar-refractivity contribution is 7.40. The molecule has 0 spiro atoms. The van der Waals surface area contributed by atoms with Crippen molar-refractivity contribution in [3.63, 3.8) is 0 Å². The van der Waals surface area contributed by atoms with Gasteiger partial charge in [0, 0.05) is 29.4 Å².